The molecule has 35 heavy (non-hydrogen) atoms. The van der Waals surface area contributed by atoms with Gasteiger partial charge in [-0.25, -0.2) is 0 Å². The van der Waals surface area contributed by atoms with Crippen molar-refractivity contribution >= 4 is 34.8 Å². The summed E-state index contributed by atoms with van der Waals surface area (Å²) in [5, 5.41) is 0.607. The minimum Gasteiger partial charge on any atom is -0.497 e. The van der Waals surface area contributed by atoms with Crippen LogP contribution in [0.25, 0.3) is 11.6 Å². The molecule has 178 valence electrons. The molecule has 1 amide bonds. The number of carbonyl (C=O) groups is 1. The van der Waals surface area contributed by atoms with Gasteiger partial charge in [-0.3, -0.25) is 19.4 Å². The number of amides is 1. The third kappa shape index (κ3) is 3.97. The number of benzene rings is 2. The molecule has 1 aromatic heterocycles. The fourth-order valence-corrected chi connectivity index (χ4v) is 5.95. The van der Waals surface area contributed by atoms with Gasteiger partial charge < -0.3 is 9.30 Å². The molecular formula is C28H26ClN3O3. The fraction of sp³-hybridized carbons (Fsp3) is 0.286. The summed E-state index contributed by atoms with van der Waals surface area (Å²) in [5.41, 5.74) is 4.52. The smallest absolute Gasteiger partial charge is 0.260 e. The highest BCUT2D eigenvalue weighted by Gasteiger charge is 2.38. The summed E-state index contributed by atoms with van der Waals surface area (Å²) in [6, 6.07) is 18.9. The molecule has 1 fully saturated rings. The number of hydrogen-bond donors (Lipinski definition) is 0. The Kier molecular flexibility index (Phi) is 5.50. The van der Waals surface area contributed by atoms with E-state index in [4.69, 9.17) is 16.3 Å². The van der Waals surface area contributed by atoms with E-state index >= 15 is 0 Å². The number of nitrogens with zero attached hydrogens (tertiary/aromatic N) is 3. The first-order valence-electron chi connectivity index (χ1n) is 11.9. The molecule has 6 rings (SSSR count). The van der Waals surface area contributed by atoms with Crippen molar-refractivity contribution in [3.05, 3.63) is 92.9 Å². The topological polar surface area (TPSA) is 54.8 Å². The second-order valence-electron chi connectivity index (χ2n) is 9.60. The second-order valence-corrected chi connectivity index (χ2v) is 10.0. The first kappa shape index (κ1) is 22.1. The van der Waals surface area contributed by atoms with E-state index in [0.717, 1.165) is 54.3 Å². The van der Waals surface area contributed by atoms with Gasteiger partial charge in [0.2, 0.25) is 0 Å². The van der Waals surface area contributed by atoms with Gasteiger partial charge in [-0.2, -0.15) is 0 Å². The van der Waals surface area contributed by atoms with E-state index < -0.39 is 0 Å². The summed E-state index contributed by atoms with van der Waals surface area (Å²) < 4.78 is 7.19. The number of fused-ring (bicyclic) bond motifs is 5. The standard InChI is InChI=1S/C28H26ClN3O3/c1-35-22-8-5-18(6-9-22)12-24-23-10-7-21(29)13-26(23)32(28(24)34)17-30-14-19-11-20(16-30)25-3-2-4-27(33)31(25)15-19/h2-10,12-13,19-20H,11,14-17H2,1H3/b24-12-. The monoisotopic (exact) mass is 487 g/mol. The van der Waals surface area contributed by atoms with Crippen LogP contribution in [0.1, 0.15) is 29.2 Å². The number of halogens is 1. The molecule has 7 heteroatoms. The number of anilines is 1. The van der Waals surface area contributed by atoms with Crippen molar-refractivity contribution in [3.63, 3.8) is 0 Å². The molecular weight excluding hydrogens is 462 g/mol. The zero-order chi connectivity index (χ0) is 24.1. The Morgan fingerprint density at radius 3 is 2.66 bits per heavy atom. The fourth-order valence-electron chi connectivity index (χ4n) is 5.78. The lowest BCUT2D eigenvalue weighted by molar-refractivity contribution is -0.113. The van der Waals surface area contributed by atoms with E-state index in [1.54, 1.807) is 13.2 Å². The Morgan fingerprint density at radius 1 is 1.03 bits per heavy atom. The van der Waals surface area contributed by atoms with Crippen molar-refractivity contribution in [2.24, 2.45) is 5.92 Å². The predicted octanol–water partition coefficient (Wildman–Crippen LogP) is 4.47. The molecule has 2 bridgehead atoms. The molecule has 1 saturated heterocycles. The van der Waals surface area contributed by atoms with E-state index in [-0.39, 0.29) is 11.5 Å². The van der Waals surface area contributed by atoms with E-state index in [2.05, 4.69) is 11.0 Å². The van der Waals surface area contributed by atoms with Crippen LogP contribution in [0.5, 0.6) is 5.75 Å². The number of rotatable bonds is 4. The summed E-state index contributed by atoms with van der Waals surface area (Å²) in [5.74, 6) is 1.44. The van der Waals surface area contributed by atoms with Crippen LogP contribution < -0.4 is 15.2 Å². The van der Waals surface area contributed by atoms with Gasteiger partial charge >= 0.3 is 0 Å². The molecule has 6 nitrogen and oxygen atoms in total. The molecule has 3 aromatic rings. The van der Waals surface area contributed by atoms with Crippen molar-refractivity contribution in [2.75, 3.05) is 31.8 Å². The Morgan fingerprint density at radius 2 is 1.86 bits per heavy atom. The van der Waals surface area contributed by atoms with Gasteiger partial charge in [0.15, 0.2) is 0 Å². The van der Waals surface area contributed by atoms with Crippen LogP contribution in [0.2, 0.25) is 5.02 Å². The minimum absolute atomic E-state index is 0.0227. The quantitative estimate of drug-likeness (QED) is 0.509. The van der Waals surface area contributed by atoms with Crippen molar-refractivity contribution in [1.29, 1.82) is 0 Å². The zero-order valence-electron chi connectivity index (χ0n) is 19.5. The first-order valence-corrected chi connectivity index (χ1v) is 12.3. The molecule has 0 spiro atoms. The Bertz CT molecular complexity index is 1400. The average molecular weight is 488 g/mol. The highest BCUT2D eigenvalue weighted by Crippen LogP contribution is 2.41. The van der Waals surface area contributed by atoms with Gasteiger partial charge in [-0.1, -0.05) is 35.9 Å². The van der Waals surface area contributed by atoms with Crippen molar-refractivity contribution < 1.29 is 9.53 Å². The normalized spacial score (nSPS) is 22.3. The van der Waals surface area contributed by atoms with Crippen LogP contribution in [-0.4, -0.2) is 42.2 Å². The number of aromatic nitrogens is 1. The minimum atomic E-state index is -0.0227. The molecule has 2 unspecified atom stereocenters. The largest absolute Gasteiger partial charge is 0.497 e. The summed E-state index contributed by atoms with van der Waals surface area (Å²) in [6.07, 6.45) is 3.01. The molecule has 0 saturated carbocycles. The summed E-state index contributed by atoms with van der Waals surface area (Å²) >= 11 is 6.35. The lowest BCUT2D eigenvalue weighted by Crippen LogP contribution is -2.50. The lowest BCUT2D eigenvalue weighted by Gasteiger charge is -2.43. The molecule has 3 aliphatic heterocycles. The van der Waals surface area contributed by atoms with Gasteiger partial charge in [0.1, 0.15) is 5.75 Å². The molecule has 3 aliphatic rings. The van der Waals surface area contributed by atoms with Crippen molar-refractivity contribution in [3.8, 4) is 5.75 Å². The van der Waals surface area contributed by atoms with E-state index in [1.807, 2.05) is 64.1 Å². The molecule has 2 aromatic carbocycles. The molecule has 0 radical (unpaired) electrons. The van der Waals surface area contributed by atoms with E-state index in [0.29, 0.717) is 29.1 Å². The first-order chi connectivity index (χ1) is 17.0. The van der Waals surface area contributed by atoms with Crippen LogP contribution in [0.4, 0.5) is 5.69 Å². The molecule has 4 heterocycles. The highest BCUT2D eigenvalue weighted by atomic mass is 35.5. The van der Waals surface area contributed by atoms with Gasteiger partial charge in [-0.15, -0.1) is 0 Å². The van der Waals surface area contributed by atoms with Crippen LogP contribution >= 0.6 is 11.6 Å². The Labute approximate surface area is 209 Å². The van der Waals surface area contributed by atoms with Gasteiger partial charge in [0.05, 0.1) is 19.5 Å². The van der Waals surface area contributed by atoms with Crippen LogP contribution in [0.3, 0.4) is 0 Å². The van der Waals surface area contributed by atoms with Crippen molar-refractivity contribution in [1.82, 2.24) is 9.47 Å². The molecule has 0 aliphatic carbocycles. The van der Waals surface area contributed by atoms with Crippen LogP contribution in [-0.2, 0) is 11.3 Å². The number of pyridine rings is 1. The third-order valence-electron chi connectivity index (χ3n) is 7.34. The predicted molar refractivity (Wildman–Crippen MR) is 138 cm³/mol. The number of carbonyl (C=O) groups excluding carboxylic acids is 1. The average Bonchev–Trinajstić information content (AvgIpc) is 3.10. The summed E-state index contributed by atoms with van der Waals surface area (Å²) in [4.78, 5) is 30.2. The maximum absolute atomic E-state index is 13.7. The van der Waals surface area contributed by atoms with Crippen molar-refractivity contribution in [2.45, 2.75) is 18.9 Å². The number of piperidine rings is 1. The van der Waals surface area contributed by atoms with Gasteiger partial charge in [0, 0.05) is 53.5 Å². The third-order valence-corrected chi connectivity index (χ3v) is 7.58. The maximum atomic E-state index is 13.7. The van der Waals surface area contributed by atoms with Crippen LogP contribution in [0, 0.1) is 5.92 Å². The zero-order valence-corrected chi connectivity index (χ0v) is 20.2. The Hall–Kier alpha value is -3.35. The number of ether oxygens (including phenoxy) is 1. The number of methoxy groups -OCH3 is 1. The number of likely N-dealkylation sites (tertiary alicyclic amines) is 1. The summed E-state index contributed by atoms with van der Waals surface area (Å²) in [6.45, 7) is 2.91. The summed E-state index contributed by atoms with van der Waals surface area (Å²) in [7, 11) is 1.64. The maximum Gasteiger partial charge on any atom is 0.260 e. The van der Waals surface area contributed by atoms with E-state index in [1.165, 1.54) is 0 Å². The lowest BCUT2D eigenvalue weighted by atomic mass is 9.83. The SMILES string of the molecule is COc1ccc(/C=C2\C(=O)N(CN3CC4CC(C3)c3cccc(=O)n3C4)c3cc(Cl)ccc32)cc1. The Balaban J connectivity index is 1.30. The van der Waals surface area contributed by atoms with Gasteiger partial charge in [-0.05, 0) is 54.3 Å². The van der Waals surface area contributed by atoms with Gasteiger partial charge in [0.25, 0.3) is 11.5 Å². The molecule has 0 N–H and O–H groups in total. The molecule has 2 atom stereocenters. The van der Waals surface area contributed by atoms with Crippen LogP contribution in [0.15, 0.2) is 65.5 Å². The number of hydrogen-bond acceptors (Lipinski definition) is 4. The van der Waals surface area contributed by atoms with E-state index in [9.17, 15) is 9.59 Å². The highest BCUT2D eigenvalue weighted by molar-refractivity contribution is 6.37. The second kappa shape index (κ2) is 8.70.